The van der Waals surface area contributed by atoms with Gasteiger partial charge in [-0.15, -0.1) is 6.42 Å². The van der Waals surface area contributed by atoms with E-state index in [0.29, 0.717) is 18.8 Å². The summed E-state index contributed by atoms with van der Waals surface area (Å²) in [5.41, 5.74) is 1.39. The van der Waals surface area contributed by atoms with Crippen molar-refractivity contribution in [3.8, 4) is 12.3 Å². The third kappa shape index (κ3) is 5.33. The van der Waals surface area contributed by atoms with Gasteiger partial charge < -0.3 is 15.3 Å². The average molecular weight is 274 g/mol. The van der Waals surface area contributed by atoms with Gasteiger partial charge in [0.2, 0.25) is 0 Å². The van der Waals surface area contributed by atoms with Crippen LogP contribution >= 0.6 is 0 Å². The lowest BCUT2D eigenvalue weighted by molar-refractivity contribution is 0.187. The van der Waals surface area contributed by atoms with Gasteiger partial charge in [0.25, 0.3) is 0 Å². The summed E-state index contributed by atoms with van der Waals surface area (Å²) in [4.78, 5) is 13.8. The van der Waals surface area contributed by atoms with Gasteiger partial charge >= 0.3 is 6.03 Å². The number of carbonyl (C=O) groups is 1. The molecule has 0 aliphatic carbocycles. The van der Waals surface area contributed by atoms with Crippen molar-refractivity contribution in [1.29, 1.82) is 0 Å². The number of anilines is 1. The van der Waals surface area contributed by atoms with E-state index in [2.05, 4.69) is 18.2 Å². The molecular formula is C16H22N2O2. The van der Waals surface area contributed by atoms with Crippen molar-refractivity contribution in [2.24, 2.45) is 0 Å². The molecule has 0 saturated carbocycles. The lowest BCUT2D eigenvalue weighted by Gasteiger charge is -2.22. The van der Waals surface area contributed by atoms with Crippen LogP contribution in [0.3, 0.4) is 0 Å². The number of terminal acetylenes is 1. The van der Waals surface area contributed by atoms with E-state index in [1.165, 1.54) is 0 Å². The van der Waals surface area contributed by atoms with Crippen LogP contribution in [0.1, 0.15) is 31.7 Å². The number of unbranched alkanes of at least 4 members (excludes halogenated alkanes) is 2. The Kier molecular flexibility index (Phi) is 7.23. The minimum absolute atomic E-state index is 0.0378. The molecule has 0 radical (unpaired) electrons. The number of hydrogen-bond acceptors (Lipinski definition) is 2. The Bertz CT molecular complexity index is 466. The molecule has 0 saturated heterocycles. The third-order valence-electron chi connectivity index (χ3n) is 2.97. The SMILES string of the molecule is C#Cc1cccc(NC(=O)N(CCO)CCCCC)c1. The molecule has 0 aliphatic rings. The fourth-order valence-electron chi connectivity index (χ4n) is 1.88. The molecule has 1 rings (SSSR count). The highest BCUT2D eigenvalue weighted by Gasteiger charge is 2.12. The fraction of sp³-hybridized carbons (Fsp3) is 0.438. The summed E-state index contributed by atoms with van der Waals surface area (Å²) >= 11 is 0. The van der Waals surface area contributed by atoms with E-state index in [-0.39, 0.29) is 12.6 Å². The molecule has 0 heterocycles. The van der Waals surface area contributed by atoms with Crippen LogP contribution in [0.4, 0.5) is 10.5 Å². The van der Waals surface area contributed by atoms with Crippen LogP contribution in [-0.2, 0) is 0 Å². The van der Waals surface area contributed by atoms with E-state index < -0.39 is 0 Å². The molecule has 20 heavy (non-hydrogen) atoms. The third-order valence-corrected chi connectivity index (χ3v) is 2.97. The lowest BCUT2D eigenvalue weighted by Crippen LogP contribution is -2.37. The molecule has 108 valence electrons. The summed E-state index contributed by atoms with van der Waals surface area (Å²) in [6, 6.07) is 6.95. The molecule has 0 spiro atoms. The van der Waals surface area contributed by atoms with Gasteiger partial charge in [0.15, 0.2) is 0 Å². The highest BCUT2D eigenvalue weighted by molar-refractivity contribution is 5.89. The van der Waals surface area contributed by atoms with Gasteiger partial charge in [-0.25, -0.2) is 4.79 Å². The molecule has 0 aliphatic heterocycles. The summed E-state index contributed by atoms with van der Waals surface area (Å²) in [6.07, 6.45) is 8.44. The van der Waals surface area contributed by atoms with E-state index in [0.717, 1.165) is 24.8 Å². The minimum Gasteiger partial charge on any atom is -0.395 e. The Hall–Kier alpha value is -1.99. The predicted molar refractivity (Wildman–Crippen MR) is 81.6 cm³/mol. The second-order valence-corrected chi connectivity index (χ2v) is 4.57. The number of nitrogens with zero attached hydrogens (tertiary/aromatic N) is 1. The first-order valence-corrected chi connectivity index (χ1v) is 6.94. The number of urea groups is 1. The van der Waals surface area contributed by atoms with Crippen LogP contribution in [0.25, 0.3) is 0 Å². The molecule has 0 unspecified atom stereocenters. The largest absolute Gasteiger partial charge is 0.395 e. The first kappa shape index (κ1) is 16.1. The van der Waals surface area contributed by atoms with Gasteiger partial charge in [-0.2, -0.15) is 0 Å². The Labute approximate surface area is 120 Å². The monoisotopic (exact) mass is 274 g/mol. The smallest absolute Gasteiger partial charge is 0.321 e. The molecular weight excluding hydrogens is 252 g/mol. The van der Waals surface area contributed by atoms with Gasteiger partial charge in [0.05, 0.1) is 6.61 Å². The number of nitrogens with one attached hydrogen (secondary N) is 1. The average Bonchev–Trinajstić information content (AvgIpc) is 2.46. The molecule has 0 atom stereocenters. The van der Waals surface area contributed by atoms with Crippen molar-refractivity contribution in [3.63, 3.8) is 0 Å². The minimum atomic E-state index is -0.204. The van der Waals surface area contributed by atoms with Gasteiger partial charge in [-0.05, 0) is 24.6 Å². The second-order valence-electron chi connectivity index (χ2n) is 4.57. The van der Waals surface area contributed by atoms with Crippen LogP contribution < -0.4 is 5.32 Å². The van der Waals surface area contributed by atoms with Crippen LogP contribution in [0.2, 0.25) is 0 Å². The maximum absolute atomic E-state index is 12.1. The molecule has 1 aromatic carbocycles. The Morgan fingerprint density at radius 1 is 1.40 bits per heavy atom. The predicted octanol–water partition coefficient (Wildman–Crippen LogP) is 2.68. The van der Waals surface area contributed by atoms with E-state index in [4.69, 9.17) is 11.5 Å². The summed E-state index contributed by atoms with van der Waals surface area (Å²) < 4.78 is 0. The summed E-state index contributed by atoms with van der Waals surface area (Å²) in [5.74, 6) is 2.53. The standard InChI is InChI=1S/C16H22N2O2/c1-3-5-6-10-18(11-12-19)16(20)17-15-9-7-8-14(4-2)13-15/h2,7-9,13,19H,3,5-6,10-12H2,1H3,(H,17,20). The number of benzene rings is 1. The molecule has 0 bridgehead atoms. The maximum atomic E-state index is 12.1. The molecule has 0 aromatic heterocycles. The zero-order valence-corrected chi connectivity index (χ0v) is 11.9. The van der Waals surface area contributed by atoms with Gasteiger partial charge in [0, 0.05) is 24.3 Å². The van der Waals surface area contributed by atoms with Crippen LogP contribution in [-0.4, -0.2) is 35.7 Å². The Balaban J connectivity index is 2.62. The fourth-order valence-corrected chi connectivity index (χ4v) is 1.88. The summed E-state index contributed by atoms with van der Waals surface area (Å²) in [6.45, 7) is 3.06. The zero-order chi connectivity index (χ0) is 14.8. The zero-order valence-electron chi connectivity index (χ0n) is 11.9. The molecule has 0 fully saturated rings. The maximum Gasteiger partial charge on any atom is 0.321 e. The highest BCUT2D eigenvalue weighted by Crippen LogP contribution is 2.11. The van der Waals surface area contributed by atoms with E-state index in [9.17, 15) is 4.79 Å². The molecule has 4 nitrogen and oxygen atoms in total. The Morgan fingerprint density at radius 2 is 2.20 bits per heavy atom. The van der Waals surface area contributed by atoms with Crippen molar-refractivity contribution in [2.45, 2.75) is 26.2 Å². The van der Waals surface area contributed by atoms with Crippen molar-refractivity contribution in [1.82, 2.24) is 4.90 Å². The number of amides is 2. The van der Waals surface area contributed by atoms with Gasteiger partial charge in [0.1, 0.15) is 0 Å². The number of rotatable bonds is 7. The number of hydrogen-bond donors (Lipinski definition) is 2. The van der Waals surface area contributed by atoms with Crippen molar-refractivity contribution in [2.75, 3.05) is 25.0 Å². The van der Waals surface area contributed by atoms with Crippen LogP contribution in [0.5, 0.6) is 0 Å². The molecule has 2 amide bonds. The normalized spacial score (nSPS) is 9.85. The number of aliphatic hydroxyl groups excluding tert-OH is 1. The van der Waals surface area contributed by atoms with Crippen LogP contribution in [0, 0.1) is 12.3 Å². The van der Waals surface area contributed by atoms with Crippen molar-refractivity contribution >= 4 is 11.7 Å². The van der Waals surface area contributed by atoms with Crippen molar-refractivity contribution < 1.29 is 9.90 Å². The molecule has 2 N–H and O–H groups in total. The highest BCUT2D eigenvalue weighted by atomic mass is 16.3. The van der Waals surface area contributed by atoms with Crippen LogP contribution in [0.15, 0.2) is 24.3 Å². The second kappa shape index (κ2) is 9.00. The van der Waals surface area contributed by atoms with Gasteiger partial charge in [-0.3, -0.25) is 0 Å². The number of aliphatic hydroxyl groups is 1. The Morgan fingerprint density at radius 3 is 2.85 bits per heavy atom. The van der Waals surface area contributed by atoms with Gasteiger partial charge in [-0.1, -0.05) is 31.8 Å². The van der Waals surface area contributed by atoms with E-state index >= 15 is 0 Å². The van der Waals surface area contributed by atoms with Crippen molar-refractivity contribution in [3.05, 3.63) is 29.8 Å². The lowest BCUT2D eigenvalue weighted by atomic mass is 10.2. The van der Waals surface area contributed by atoms with E-state index in [1.54, 1.807) is 23.1 Å². The first-order valence-electron chi connectivity index (χ1n) is 6.94. The number of carbonyl (C=O) groups excluding carboxylic acids is 1. The topological polar surface area (TPSA) is 52.6 Å². The van der Waals surface area contributed by atoms with E-state index in [1.807, 2.05) is 6.07 Å². The first-order chi connectivity index (χ1) is 9.71. The summed E-state index contributed by atoms with van der Waals surface area (Å²) in [5, 5.41) is 11.9. The molecule has 1 aromatic rings. The quantitative estimate of drug-likeness (QED) is 0.593. The molecule has 4 heteroatoms. The summed E-state index contributed by atoms with van der Waals surface area (Å²) in [7, 11) is 0.